The Labute approximate surface area is 206 Å². The van der Waals surface area contributed by atoms with E-state index in [-0.39, 0.29) is 12.5 Å². The number of aromatic nitrogens is 2. The van der Waals surface area contributed by atoms with Crippen LogP contribution in [0.25, 0.3) is 16.6 Å². The lowest BCUT2D eigenvalue weighted by Gasteiger charge is -2.11. The van der Waals surface area contributed by atoms with Crippen molar-refractivity contribution >= 4 is 34.9 Å². The van der Waals surface area contributed by atoms with Gasteiger partial charge in [-0.3, -0.25) is 14.3 Å². The minimum atomic E-state index is -0.612. The SMILES string of the molecule is COc1ccc(NC(=O)C=Cc2cn(Cc3ccccc3)nc2-c2cccs2)cc1OCC(N)=O. The predicted molar refractivity (Wildman–Crippen MR) is 136 cm³/mol. The Hall–Kier alpha value is -4.37. The number of rotatable bonds is 10. The molecular weight excluding hydrogens is 464 g/mol. The van der Waals surface area contributed by atoms with Crippen molar-refractivity contribution in [2.24, 2.45) is 5.73 Å². The minimum Gasteiger partial charge on any atom is -0.493 e. The first-order valence-electron chi connectivity index (χ1n) is 10.8. The summed E-state index contributed by atoms with van der Waals surface area (Å²) in [5.41, 5.74) is 8.41. The number of thiophene rings is 1. The van der Waals surface area contributed by atoms with Crippen molar-refractivity contribution in [3.63, 3.8) is 0 Å². The average molecular weight is 489 g/mol. The van der Waals surface area contributed by atoms with E-state index in [1.165, 1.54) is 13.2 Å². The number of ether oxygens (including phenoxy) is 2. The molecule has 0 saturated heterocycles. The maximum absolute atomic E-state index is 12.6. The van der Waals surface area contributed by atoms with Crippen LogP contribution in [0.4, 0.5) is 5.69 Å². The molecule has 0 aliphatic heterocycles. The summed E-state index contributed by atoms with van der Waals surface area (Å²) in [4.78, 5) is 24.7. The van der Waals surface area contributed by atoms with E-state index in [0.29, 0.717) is 23.7 Å². The maximum atomic E-state index is 12.6. The molecule has 9 heteroatoms. The number of methoxy groups -OCH3 is 1. The van der Waals surface area contributed by atoms with E-state index in [1.807, 2.05) is 58.7 Å². The predicted octanol–water partition coefficient (Wildman–Crippen LogP) is 4.18. The summed E-state index contributed by atoms with van der Waals surface area (Å²) in [6.45, 7) is 0.325. The molecule has 4 aromatic rings. The van der Waals surface area contributed by atoms with Crippen molar-refractivity contribution in [1.82, 2.24) is 9.78 Å². The van der Waals surface area contributed by atoms with Crippen LogP contribution in [-0.2, 0) is 16.1 Å². The molecule has 8 nitrogen and oxygen atoms in total. The van der Waals surface area contributed by atoms with Gasteiger partial charge < -0.3 is 20.5 Å². The number of carbonyl (C=O) groups is 2. The lowest BCUT2D eigenvalue weighted by atomic mass is 10.2. The molecule has 2 aromatic heterocycles. The summed E-state index contributed by atoms with van der Waals surface area (Å²) < 4.78 is 12.5. The molecule has 2 aromatic carbocycles. The number of amides is 2. The fraction of sp³-hybridized carbons (Fsp3) is 0.115. The molecule has 0 bridgehead atoms. The van der Waals surface area contributed by atoms with Gasteiger partial charge in [0.15, 0.2) is 18.1 Å². The average Bonchev–Trinajstić information content (AvgIpc) is 3.52. The Bertz CT molecular complexity index is 1330. The molecule has 0 aliphatic rings. The van der Waals surface area contributed by atoms with Gasteiger partial charge in [-0.1, -0.05) is 36.4 Å². The smallest absolute Gasteiger partial charge is 0.255 e. The van der Waals surface area contributed by atoms with Gasteiger partial charge in [-0.25, -0.2) is 0 Å². The fourth-order valence-electron chi connectivity index (χ4n) is 3.38. The molecule has 0 atom stereocenters. The van der Waals surface area contributed by atoms with Crippen molar-refractivity contribution in [3.8, 4) is 22.1 Å². The summed E-state index contributed by atoms with van der Waals surface area (Å²) in [6.07, 6.45) is 5.12. The molecule has 0 spiro atoms. The maximum Gasteiger partial charge on any atom is 0.255 e. The number of primary amides is 1. The number of hydrogen-bond donors (Lipinski definition) is 2. The van der Waals surface area contributed by atoms with Crippen molar-refractivity contribution in [2.45, 2.75) is 6.54 Å². The summed E-state index contributed by atoms with van der Waals surface area (Å²) >= 11 is 1.59. The minimum absolute atomic E-state index is 0.299. The van der Waals surface area contributed by atoms with Crippen molar-refractivity contribution in [3.05, 3.63) is 89.4 Å². The number of hydrogen-bond acceptors (Lipinski definition) is 6. The quantitative estimate of drug-likeness (QED) is 0.326. The van der Waals surface area contributed by atoms with E-state index in [4.69, 9.17) is 20.3 Å². The molecule has 0 unspecified atom stereocenters. The van der Waals surface area contributed by atoms with Crippen molar-refractivity contribution in [1.29, 1.82) is 0 Å². The second-order valence-electron chi connectivity index (χ2n) is 7.54. The van der Waals surface area contributed by atoms with Gasteiger partial charge in [-0.05, 0) is 35.2 Å². The highest BCUT2D eigenvalue weighted by atomic mass is 32.1. The molecule has 178 valence electrons. The lowest BCUT2D eigenvalue weighted by Crippen LogP contribution is -2.20. The Morgan fingerprint density at radius 3 is 2.66 bits per heavy atom. The van der Waals surface area contributed by atoms with E-state index in [0.717, 1.165) is 21.7 Å². The van der Waals surface area contributed by atoms with E-state index in [9.17, 15) is 9.59 Å². The molecule has 3 N–H and O–H groups in total. The number of nitrogens with zero attached hydrogens (tertiary/aromatic N) is 2. The zero-order valence-corrected chi connectivity index (χ0v) is 19.8. The topological polar surface area (TPSA) is 108 Å². The fourth-order valence-corrected chi connectivity index (χ4v) is 4.11. The zero-order chi connectivity index (χ0) is 24.6. The number of nitrogens with two attached hydrogens (primary N) is 1. The van der Waals surface area contributed by atoms with Crippen LogP contribution in [0.5, 0.6) is 11.5 Å². The molecule has 0 fully saturated rings. The lowest BCUT2D eigenvalue weighted by molar-refractivity contribution is -0.120. The van der Waals surface area contributed by atoms with Crippen LogP contribution in [0, 0.1) is 0 Å². The molecule has 2 amide bonds. The van der Waals surface area contributed by atoms with Crippen LogP contribution in [-0.4, -0.2) is 35.3 Å². The molecule has 0 radical (unpaired) electrons. The number of carbonyl (C=O) groups excluding carboxylic acids is 2. The van der Waals surface area contributed by atoms with E-state index >= 15 is 0 Å². The molecular formula is C26H24N4O4S. The summed E-state index contributed by atoms with van der Waals surface area (Å²) in [5.74, 6) is -0.218. The van der Waals surface area contributed by atoms with Crippen LogP contribution < -0.4 is 20.5 Å². The normalized spacial score (nSPS) is 10.9. The number of benzene rings is 2. The Morgan fingerprint density at radius 1 is 1.11 bits per heavy atom. The second kappa shape index (κ2) is 11.2. The van der Waals surface area contributed by atoms with Crippen molar-refractivity contribution in [2.75, 3.05) is 19.0 Å². The first-order valence-corrected chi connectivity index (χ1v) is 11.6. The van der Waals surface area contributed by atoms with Crippen LogP contribution in [0.3, 0.4) is 0 Å². The standard InChI is InChI=1S/C26H24N4O4S/c1-33-21-11-10-20(14-22(21)34-17-24(27)31)28-25(32)12-9-19-16-30(15-18-6-3-2-4-7-18)29-26(19)23-8-5-13-35-23/h2-14,16H,15,17H2,1H3,(H2,27,31)(H,28,32). The first-order chi connectivity index (χ1) is 17.0. The third kappa shape index (κ3) is 6.36. The summed E-state index contributed by atoms with van der Waals surface area (Å²) in [6, 6.07) is 18.9. The van der Waals surface area contributed by atoms with Gasteiger partial charge in [0.1, 0.15) is 5.69 Å². The van der Waals surface area contributed by atoms with Crippen LogP contribution in [0.2, 0.25) is 0 Å². The molecule has 35 heavy (non-hydrogen) atoms. The molecule has 4 rings (SSSR count). The van der Waals surface area contributed by atoms with Gasteiger partial charge in [-0.2, -0.15) is 5.10 Å². The second-order valence-corrected chi connectivity index (χ2v) is 8.48. The van der Waals surface area contributed by atoms with E-state index in [1.54, 1.807) is 35.6 Å². The highest BCUT2D eigenvalue weighted by molar-refractivity contribution is 7.13. The highest BCUT2D eigenvalue weighted by Crippen LogP contribution is 2.31. The Balaban J connectivity index is 1.51. The van der Waals surface area contributed by atoms with Gasteiger partial charge in [0.05, 0.1) is 18.5 Å². The first kappa shape index (κ1) is 23.8. The summed E-state index contributed by atoms with van der Waals surface area (Å²) in [7, 11) is 1.48. The summed E-state index contributed by atoms with van der Waals surface area (Å²) in [5, 5.41) is 9.53. The van der Waals surface area contributed by atoms with E-state index in [2.05, 4.69) is 5.32 Å². The van der Waals surface area contributed by atoms with Crippen LogP contribution in [0.15, 0.2) is 78.3 Å². The zero-order valence-electron chi connectivity index (χ0n) is 19.0. The number of anilines is 1. The molecule has 0 aliphatic carbocycles. The third-order valence-electron chi connectivity index (χ3n) is 4.95. The van der Waals surface area contributed by atoms with E-state index < -0.39 is 5.91 Å². The molecule has 2 heterocycles. The van der Waals surface area contributed by atoms with Gasteiger partial charge in [0, 0.05) is 29.6 Å². The molecule has 0 saturated carbocycles. The van der Waals surface area contributed by atoms with Crippen molar-refractivity contribution < 1.29 is 19.1 Å². The van der Waals surface area contributed by atoms with Gasteiger partial charge in [0.2, 0.25) is 5.91 Å². The number of nitrogens with one attached hydrogen (secondary N) is 1. The highest BCUT2D eigenvalue weighted by Gasteiger charge is 2.12. The Kier molecular flexibility index (Phi) is 7.59. The largest absolute Gasteiger partial charge is 0.493 e. The third-order valence-corrected chi connectivity index (χ3v) is 5.82. The van der Waals surface area contributed by atoms with Gasteiger partial charge in [0.25, 0.3) is 5.91 Å². The van der Waals surface area contributed by atoms with Crippen LogP contribution in [0.1, 0.15) is 11.1 Å². The van der Waals surface area contributed by atoms with Crippen LogP contribution >= 0.6 is 11.3 Å². The Morgan fingerprint density at radius 2 is 1.94 bits per heavy atom. The monoisotopic (exact) mass is 488 g/mol. The van der Waals surface area contributed by atoms with Gasteiger partial charge >= 0.3 is 0 Å². The van der Waals surface area contributed by atoms with Gasteiger partial charge in [-0.15, -0.1) is 11.3 Å².